The van der Waals surface area contributed by atoms with E-state index in [-0.39, 0.29) is 16.5 Å². The lowest BCUT2D eigenvalue weighted by atomic mass is 10.2. The molecule has 22 heavy (non-hydrogen) atoms. The summed E-state index contributed by atoms with van der Waals surface area (Å²) >= 11 is 5.85. The Bertz CT molecular complexity index is 748. The molecule has 2 aromatic carbocycles. The van der Waals surface area contributed by atoms with Crippen molar-refractivity contribution in [3.8, 4) is 0 Å². The van der Waals surface area contributed by atoms with Gasteiger partial charge < -0.3 is 5.32 Å². The van der Waals surface area contributed by atoms with Gasteiger partial charge in [-0.2, -0.15) is 0 Å². The highest BCUT2D eigenvalue weighted by Gasteiger charge is 2.18. The highest BCUT2D eigenvalue weighted by molar-refractivity contribution is 7.89. The van der Waals surface area contributed by atoms with Crippen LogP contribution in [0.3, 0.4) is 0 Å². The van der Waals surface area contributed by atoms with Gasteiger partial charge in [0.05, 0.1) is 11.6 Å². The zero-order chi connectivity index (χ0) is 16.0. The standard InChI is InChI=1S/C15H15ClN2O3S/c16-13-8-4-5-9-14(13)22(20,21)18-11-15(19)17-10-12-6-2-1-3-7-12/h1-9,18H,10-11H2,(H,17,19). The van der Waals surface area contributed by atoms with Crippen LogP contribution in [0.25, 0.3) is 0 Å². The summed E-state index contributed by atoms with van der Waals surface area (Å²) < 4.78 is 26.3. The van der Waals surface area contributed by atoms with Gasteiger partial charge in [-0.25, -0.2) is 13.1 Å². The normalized spacial score (nSPS) is 11.1. The zero-order valence-corrected chi connectivity index (χ0v) is 13.2. The summed E-state index contributed by atoms with van der Waals surface area (Å²) in [5.74, 6) is -0.417. The van der Waals surface area contributed by atoms with Crippen molar-refractivity contribution in [1.82, 2.24) is 10.0 Å². The second-order valence-corrected chi connectivity index (χ2v) is 6.66. The molecule has 0 aliphatic rings. The second-order valence-electron chi connectivity index (χ2n) is 4.52. The molecule has 0 saturated carbocycles. The first-order valence-electron chi connectivity index (χ1n) is 6.54. The predicted octanol–water partition coefficient (Wildman–Crippen LogP) is 1.93. The SMILES string of the molecule is O=C(CNS(=O)(=O)c1ccccc1Cl)NCc1ccccc1. The summed E-state index contributed by atoms with van der Waals surface area (Å²) in [6.45, 7) is -0.00607. The van der Waals surface area contributed by atoms with Crippen molar-refractivity contribution < 1.29 is 13.2 Å². The van der Waals surface area contributed by atoms with E-state index in [2.05, 4.69) is 10.0 Å². The molecule has 0 fully saturated rings. The number of carbonyl (C=O) groups is 1. The fourth-order valence-corrected chi connectivity index (χ4v) is 3.26. The van der Waals surface area contributed by atoms with E-state index in [4.69, 9.17) is 11.6 Å². The number of benzene rings is 2. The average molecular weight is 339 g/mol. The van der Waals surface area contributed by atoms with Gasteiger partial charge in [0.15, 0.2) is 0 Å². The Morgan fingerprint density at radius 3 is 2.32 bits per heavy atom. The van der Waals surface area contributed by atoms with Crippen LogP contribution in [0.2, 0.25) is 5.02 Å². The van der Waals surface area contributed by atoms with E-state index >= 15 is 0 Å². The van der Waals surface area contributed by atoms with Gasteiger partial charge in [-0.15, -0.1) is 0 Å². The molecule has 0 radical (unpaired) electrons. The number of rotatable bonds is 6. The van der Waals surface area contributed by atoms with Crippen LogP contribution >= 0.6 is 11.6 Å². The van der Waals surface area contributed by atoms with Crippen molar-refractivity contribution in [2.24, 2.45) is 0 Å². The Hall–Kier alpha value is -1.89. The molecule has 0 aliphatic carbocycles. The maximum atomic E-state index is 12.1. The van der Waals surface area contributed by atoms with Gasteiger partial charge in [0, 0.05) is 6.54 Å². The molecule has 0 bridgehead atoms. The van der Waals surface area contributed by atoms with Gasteiger partial charge in [-0.3, -0.25) is 4.79 Å². The highest BCUT2D eigenvalue weighted by Crippen LogP contribution is 2.19. The molecule has 0 aromatic heterocycles. The summed E-state index contributed by atoms with van der Waals surface area (Å²) in [5, 5.41) is 2.75. The Balaban J connectivity index is 1.89. The third-order valence-corrected chi connectivity index (χ3v) is 4.78. The average Bonchev–Trinajstić information content (AvgIpc) is 2.52. The summed E-state index contributed by atoms with van der Waals surface area (Å²) in [5.41, 5.74) is 0.935. The van der Waals surface area contributed by atoms with Crippen LogP contribution in [0.5, 0.6) is 0 Å². The van der Waals surface area contributed by atoms with Gasteiger partial charge >= 0.3 is 0 Å². The number of amides is 1. The van der Waals surface area contributed by atoms with Gasteiger partial charge in [0.25, 0.3) is 0 Å². The van der Waals surface area contributed by atoms with E-state index in [1.807, 2.05) is 30.3 Å². The largest absolute Gasteiger partial charge is 0.351 e. The summed E-state index contributed by atoms with van der Waals surface area (Å²) in [6, 6.07) is 15.4. The summed E-state index contributed by atoms with van der Waals surface area (Å²) in [6.07, 6.45) is 0. The predicted molar refractivity (Wildman–Crippen MR) is 84.9 cm³/mol. The lowest BCUT2D eigenvalue weighted by molar-refractivity contribution is -0.120. The van der Waals surface area contributed by atoms with Crippen molar-refractivity contribution in [2.75, 3.05) is 6.54 Å². The van der Waals surface area contributed by atoms with E-state index in [0.29, 0.717) is 6.54 Å². The number of nitrogens with one attached hydrogen (secondary N) is 2. The Morgan fingerprint density at radius 2 is 1.64 bits per heavy atom. The minimum atomic E-state index is -3.81. The minimum Gasteiger partial charge on any atom is -0.351 e. The van der Waals surface area contributed by atoms with Gasteiger partial charge in [0.1, 0.15) is 4.90 Å². The van der Waals surface area contributed by atoms with E-state index in [9.17, 15) is 13.2 Å². The number of hydrogen-bond donors (Lipinski definition) is 2. The Morgan fingerprint density at radius 1 is 1.00 bits per heavy atom. The van der Waals surface area contributed by atoms with Crippen LogP contribution in [0, 0.1) is 0 Å². The molecule has 2 N–H and O–H groups in total. The molecule has 0 aliphatic heterocycles. The molecule has 0 unspecified atom stereocenters. The van der Waals surface area contributed by atoms with Crippen LogP contribution in [0.1, 0.15) is 5.56 Å². The fourth-order valence-electron chi connectivity index (χ4n) is 1.76. The maximum Gasteiger partial charge on any atom is 0.242 e. The number of sulfonamides is 1. The van der Waals surface area contributed by atoms with Gasteiger partial charge in [-0.1, -0.05) is 54.1 Å². The van der Waals surface area contributed by atoms with Crippen LogP contribution < -0.4 is 10.0 Å². The fraction of sp³-hybridized carbons (Fsp3) is 0.133. The van der Waals surface area contributed by atoms with E-state index in [1.165, 1.54) is 12.1 Å². The van der Waals surface area contributed by atoms with E-state index < -0.39 is 15.9 Å². The lowest BCUT2D eigenvalue weighted by Gasteiger charge is -2.09. The monoisotopic (exact) mass is 338 g/mol. The van der Waals surface area contributed by atoms with Crippen molar-refractivity contribution in [2.45, 2.75) is 11.4 Å². The molecule has 0 heterocycles. The second kappa shape index (κ2) is 7.40. The Kier molecular flexibility index (Phi) is 5.54. The summed E-state index contributed by atoms with van der Waals surface area (Å²) in [4.78, 5) is 11.7. The topological polar surface area (TPSA) is 75.3 Å². The summed E-state index contributed by atoms with van der Waals surface area (Å²) in [7, 11) is -3.81. The first-order valence-corrected chi connectivity index (χ1v) is 8.40. The molecule has 0 saturated heterocycles. The van der Waals surface area contributed by atoms with Crippen LogP contribution in [-0.2, 0) is 21.4 Å². The molecule has 5 nitrogen and oxygen atoms in total. The van der Waals surface area contributed by atoms with Crippen LogP contribution in [-0.4, -0.2) is 20.9 Å². The quantitative estimate of drug-likeness (QED) is 0.845. The number of halogens is 1. The van der Waals surface area contributed by atoms with Crippen molar-refractivity contribution >= 4 is 27.5 Å². The molecule has 7 heteroatoms. The smallest absolute Gasteiger partial charge is 0.242 e. The lowest BCUT2D eigenvalue weighted by Crippen LogP contribution is -2.36. The number of hydrogen-bond acceptors (Lipinski definition) is 3. The minimum absolute atomic E-state index is 0.0486. The van der Waals surface area contributed by atoms with E-state index in [0.717, 1.165) is 5.56 Å². The molecular weight excluding hydrogens is 324 g/mol. The van der Waals surface area contributed by atoms with Crippen molar-refractivity contribution in [1.29, 1.82) is 0 Å². The highest BCUT2D eigenvalue weighted by atomic mass is 35.5. The molecular formula is C15H15ClN2O3S. The van der Waals surface area contributed by atoms with Gasteiger partial charge in [-0.05, 0) is 17.7 Å². The molecule has 2 rings (SSSR count). The third kappa shape index (κ3) is 4.56. The van der Waals surface area contributed by atoms with Crippen molar-refractivity contribution in [3.05, 3.63) is 65.2 Å². The third-order valence-electron chi connectivity index (χ3n) is 2.88. The molecule has 2 aromatic rings. The Labute approximate surface area is 134 Å². The molecule has 1 amide bonds. The number of carbonyl (C=O) groups excluding carboxylic acids is 1. The van der Waals surface area contributed by atoms with Crippen LogP contribution in [0.15, 0.2) is 59.5 Å². The first kappa shape index (κ1) is 16.5. The first-order chi connectivity index (χ1) is 10.5. The molecule has 116 valence electrons. The molecule has 0 atom stereocenters. The van der Waals surface area contributed by atoms with Crippen molar-refractivity contribution in [3.63, 3.8) is 0 Å². The zero-order valence-electron chi connectivity index (χ0n) is 11.6. The van der Waals surface area contributed by atoms with Crippen LogP contribution in [0.4, 0.5) is 0 Å². The molecule has 0 spiro atoms. The van der Waals surface area contributed by atoms with E-state index in [1.54, 1.807) is 12.1 Å². The van der Waals surface area contributed by atoms with Gasteiger partial charge in [0.2, 0.25) is 15.9 Å². The maximum absolute atomic E-state index is 12.1.